The van der Waals surface area contributed by atoms with Gasteiger partial charge in [-0.3, -0.25) is 4.79 Å². The van der Waals surface area contributed by atoms with E-state index in [1.54, 1.807) is 6.33 Å². The molecule has 148 valence electrons. The molecule has 1 N–H and O–H groups in total. The van der Waals surface area contributed by atoms with E-state index >= 15 is 0 Å². The minimum atomic E-state index is 0.0622. The lowest BCUT2D eigenvalue weighted by molar-refractivity contribution is -0.125. The highest BCUT2D eigenvalue weighted by Gasteiger charge is 2.25. The molecule has 1 amide bonds. The number of hydrogen-bond acceptors (Lipinski definition) is 4. The zero-order valence-electron chi connectivity index (χ0n) is 16.7. The third kappa shape index (κ3) is 4.80. The van der Waals surface area contributed by atoms with Gasteiger partial charge in [-0.25, -0.2) is 9.97 Å². The molecule has 1 aromatic heterocycles. The molecule has 0 radical (unpaired) electrons. The van der Waals surface area contributed by atoms with E-state index < -0.39 is 0 Å². The van der Waals surface area contributed by atoms with Gasteiger partial charge in [0, 0.05) is 37.2 Å². The van der Waals surface area contributed by atoms with Gasteiger partial charge >= 0.3 is 0 Å². The maximum Gasteiger partial charge on any atom is 0.223 e. The predicted octanol–water partition coefficient (Wildman–Crippen LogP) is 3.98. The molecule has 1 aliphatic heterocycles. The average molecular weight is 386 g/mol. The summed E-state index contributed by atoms with van der Waals surface area (Å²) in [7, 11) is 0. The second-order valence-electron chi connectivity index (χ2n) is 7.59. The Kier molecular flexibility index (Phi) is 5.84. The van der Waals surface area contributed by atoms with E-state index in [4.69, 9.17) is 0 Å². The third-order valence-corrected chi connectivity index (χ3v) is 5.50. The van der Waals surface area contributed by atoms with Gasteiger partial charge in [-0.2, -0.15) is 0 Å². The summed E-state index contributed by atoms with van der Waals surface area (Å²) < 4.78 is 0. The lowest BCUT2D eigenvalue weighted by Gasteiger charge is -2.32. The fourth-order valence-corrected chi connectivity index (χ4v) is 3.70. The Hall–Kier alpha value is -3.21. The zero-order valence-corrected chi connectivity index (χ0v) is 16.7. The number of piperidine rings is 1. The molecule has 5 nitrogen and oxygen atoms in total. The van der Waals surface area contributed by atoms with Crippen molar-refractivity contribution in [3.8, 4) is 11.3 Å². The molecular weight excluding hydrogens is 360 g/mol. The maximum absolute atomic E-state index is 12.6. The number of rotatable bonds is 5. The van der Waals surface area contributed by atoms with E-state index in [9.17, 15) is 4.79 Å². The number of anilines is 1. The maximum atomic E-state index is 12.6. The lowest BCUT2D eigenvalue weighted by Crippen LogP contribution is -2.40. The summed E-state index contributed by atoms with van der Waals surface area (Å²) in [6.07, 6.45) is 3.30. The number of nitrogens with one attached hydrogen (secondary N) is 1. The Bertz CT molecular complexity index is 948. The van der Waals surface area contributed by atoms with Crippen LogP contribution >= 0.6 is 0 Å². The summed E-state index contributed by atoms with van der Waals surface area (Å²) in [5.41, 5.74) is 4.37. The van der Waals surface area contributed by atoms with Crippen LogP contribution in [0.25, 0.3) is 11.3 Å². The molecule has 3 aromatic rings. The molecule has 2 aromatic carbocycles. The van der Waals surface area contributed by atoms with Crippen LogP contribution in [0.1, 0.15) is 24.0 Å². The van der Waals surface area contributed by atoms with Crippen LogP contribution in [-0.2, 0) is 11.3 Å². The first-order valence-electron chi connectivity index (χ1n) is 10.1. The van der Waals surface area contributed by atoms with Gasteiger partial charge in [0.05, 0.1) is 5.69 Å². The standard InChI is InChI=1S/C24H26N4O/c1-18-7-9-19(10-8-18)16-25-24(29)21-11-13-28(14-12-21)23-15-22(26-17-27-23)20-5-3-2-4-6-20/h2-10,15,17,21H,11-14,16H2,1H3,(H,25,29). The molecule has 4 rings (SSSR count). The van der Waals surface area contributed by atoms with Gasteiger partial charge in [0.1, 0.15) is 12.1 Å². The van der Waals surface area contributed by atoms with Gasteiger partial charge in [-0.1, -0.05) is 60.2 Å². The molecule has 1 saturated heterocycles. The summed E-state index contributed by atoms with van der Waals surface area (Å²) in [5, 5.41) is 3.09. The van der Waals surface area contributed by atoms with E-state index in [0.29, 0.717) is 6.54 Å². The summed E-state index contributed by atoms with van der Waals surface area (Å²) >= 11 is 0. The topological polar surface area (TPSA) is 58.1 Å². The van der Waals surface area contributed by atoms with E-state index in [0.717, 1.165) is 48.6 Å². The second kappa shape index (κ2) is 8.86. The number of aromatic nitrogens is 2. The van der Waals surface area contributed by atoms with Crippen LogP contribution in [0.5, 0.6) is 0 Å². The van der Waals surface area contributed by atoms with Crippen LogP contribution < -0.4 is 10.2 Å². The quantitative estimate of drug-likeness (QED) is 0.720. The Balaban J connectivity index is 1.32. The molecule has 0 spiro atoms. The SMILES string of the molecule is Cc1ccc(CNC(=O)C2CCN(c3cc(-c4ccccc4)ncn3)CC2)cc1. The predicted molar refractivity (Wildman–Crippen MR) is 115 cm³/mol. The van der Waals surface area contributed by atoms with Gasteiger partial charge in [-0.05, 0) is 25.3 Å². The Morgan fingerprint density at radius 3 is 2.48 bits per heavy atom. The van der Waals surface area contributed by atoms with Gasteiger partial charge < -0.3 is 10.2 Å². The normalized spacial score (nSPS) is 14.6. The molecule has 5 heteroatoms. The first kappa shape index (κ1) is 19.1. The van der Waals surface area contributed by atoms with Crippen molar-refractivity contribution in [2.75, 3.05) is 18.0 Å². The fourth-order valence-electron chi connectivity index (χ4n) is 3.70. The zero-order chi connectivity index (χ0) is 20.1. The number of benzene rings is 2. The molecule has 29 heavy (non-hydrogen) atoms. The summed E-state index contributed by atoms with van der Waals surface area (Å²) in [6.45, 7) is 4.31. The van der Waals surface area contributed by atoms with Crippen molar-refractivity contribution in [2.45, 2.75) is 26.3 Å². The van der Waals surface area contributed by atoms with E-state index in [2.05, 4.69) is 63.5 Å². The number of carbonyl (C=O) groups excluding carboxylic acids is 1. The average Bonchev–Trinajstić information content (AvgIpc) is 2.79. The molecule has 1 fully saturated rings. The minimum Gasteiger partial charge on any atom is -0.356 e. The molecule has 0 unspecified atom stereocenters. The van der Waals surface area contributed by atoms with Crippen molar-refractivity contribution in [1.29, 1.82) is 0 Å². The van der Waals surface area contributed by atoms with E-state index in [1.807, 2.05) is 24.3 Å². The van der Waals surface area contributed by atoms with E-state index in [-0.39, 0.29) is 11.8 Å². The number of amides is 1. The van der Waals surface area contributed by atoms with Crippen LogP contribution in [0.15, 0.2) is 67.0 Å². The summed E-state index contributed by atoms with van der Waals surface area (Å²) in [6, 6.07) is 20.4. The minimum absolute atomic E-state index is 0.0622. The number of carbonyl (C=O) groups is 1. The Morgan fingerprint density at radius 2 is 1.76 bits per heavy atom. The Labute approximate surface area is 171 Å². The van der Waals surface area contributed by atoms with Crippen LogP contribution in [0, 0.1) is 12.8 Å². The molecule has 1 aliphatic rings. The number of nitrogens with zero attached hydrogens (tertiary/aromatic N) is 3. The van der Waals surface area contributed by atoms with Crippen LogP contribution in [0.3, 0.4) is 0 Å². The smallest absolute Gasteiger partial charge is 0.223 e. The highest BCUT2D eigenvalue weighted by Crippen LogP contribution is 2.25. The van der Waals surface area contributed by atoms with Crippen molar-refractivity contribution < 1.29 is 4.79 Å². The third-order valence-electron chi connectivity index (χ3n) is 5.50. The highest BCUT2D eigenvalue weighted by atomic mass is 16.1. The Morgan fingerprint density at radius 1 is 1.03 bits per heavy atom. The summed E-state index contributed by atoms with van der Waals surface area (Å²) in [4.78, 5) is 23.7. The van der Waals surface area contributed by atoms with Crippen molar-refractivity contribution in [1.82, 2.24) is 15.3 Å². The van der Waals surface area contributed by atoms with Crippen molar-refractivity contribution in [3.05, 3.63) is 78.1 Å². The van der Waals surface area contributed by atoms with Crippen molar-refractivity contribution >= 4 is 11.7 Å². The van der Waals surface area contributed by atoms with Gasteiger partial charge in [0.25, 0.3) is 0 Å². The number of hydrogen-bond donors (Lipinski definition) is 1. The highest BCUT2D eigenvalue weighted by molar-refractivity contribution is 5.79. The molecule has 2 heterocycles. The van der Waals surface area contributed by atoms with Gasteiger partial charge in [0.15, 0.2) is 0 Å². The van der Waals surface area contributed by atoms with Crippen LogP contribution in [-0.4, -0.2) is 29.0 Å². The first-order valence-corrected chi connectivity index (χ1v) is 10.1. The molecule has 0 atom stereocenters. The van der Waals surface area contributed by atoms with E-state index in [1.165, 1.54) is 5.56 Å². The number of aryl methyl sites for hydroxylation is 1. The first-order chi connectivity index (χ1) is 14.2. The molecular formula is C24H26N4O. The largest absolute Gasteiger partial charge is 0.356 e. The molecule has 0 bridgehead atoms. The molecule has 0 saturated carbocycles. The second-order valence-corrected chi connectivity index (χ2v) is 7.59. The monoisotopic (exact) mass is 386 g/mol. The van der Waals surface area contributed by atoms with Crippen LogP contribution in [0.4, 0.5) is 5.82 Å². The van der Waals surface area contributed by atoms with Crippen LogP contribution in [0.2, 0.25) is 0 Å². The van der Waals surface area contributed by atoms with Gasteiger partial charge in [0.2, 0.25) is 5.91 Å². The van der Waals surface area contributed by atoms with Crippen molar-refractivity contribution in [3.63, 3.8) is 0 Å². The lowest BCUT2D eigenvalue weighted by atomic mass is 9.95. The fraction of sp³-hybridized carbons (Fsp3) is 0.292. The molecule has 0 aliphatic carbocycles. The van der Waals surface area contributed by atoms with Gasteiger partial charge in [-0.15, -0.1) is 0 Å². The summed E-state index contributed by atoms with van der Waals surface area (Å²) in [5.74, 6) is 1.14. The van der Waals surface area contributed by atoms with Crippen molar-refractivity contribution in [2.24, 2.45) is 5.92 Å².